The molecule has 0 spiro atoms. The zero-order valence-electron chi connectivity index (χ0n) is 27.3. The van der Waals surface area contributed by atoms with Crippen molar-refractivity contribution in [2.45, 2.75) is 78.0 Å². The lowest BCUT2D eigenvalue weighted by Crippen LogP contribution is -2.55. The Balaban J connectivity index is 1.47. The predicted molar refractivity (Wildman–Crippen MR) is 185 cm³/mol. The van der Waals surface area contributed by atoms with Gasteiger partial charge < -0.3 is 0 Å². The molecule has 1 fully saturated rings. The molecule has 4 aromatic rings. The predicted octanol–water partition coefficient (Wildman–Crippen LogP) is 7.56. The van der Waals surface area contributed by atoms with Gasteiger partial charge in [-0.15, -0.1) is 0 Å². The lowest BCUT2D eigenvalue weighted by molar-refractivity contribution is 0.0328. The molecule has 44 heavy (non-hydrogen) atoms. The first-order chi connectivity index (χ1) is 21.4. The summed E-state index contributed by atoms with van der Waals surface area (Å²) in [5.41, 5.74) is 5.55. The van der Waals surface area contributed by atoms with Crippen LogP contribution in [0.15, 0.2) is 121 Å². The first-order valence-electron chi connectivity index (χ1n) is 16.6. The van der Waals surface area contributed by atoms with Gasteiger partial charge in [-0.3, -0.25) is 19.6 Å². The molecule has 0 bridgehead atoms. The lowest BCUT2D eigenvalue weighted by Gasteiger charge is -2.44. The van der Waals surface area contributed by atoms with Crippen molar-refractivity contribution in [2.24, 2.45) is 0 Å². The molecule has 0 aliphatic carbocycles. The average molecular weight is 589 g/mol. The first-order valence-corrected chi connectivity index (χ1v) is 16.6. The van der Waals surface area contributed by atoms with E-state index in [4.69, 9.17) is 0 Å². The molecule has 0 aromatic heterocycles. The molecule has 0 amide bonds. The highest BCUT2D eigenvalue weighted by Crippen LogP contribution is 2.21. The van der Waals surface area contributed by atoms with Crippen LogP contribution in [0.25, 0.3) is 0 Å². The second-order valence-corrected chi connectivity index (χ2v) is 13.1. The third kappa shape index (κ3) is 9.36. The fourth-order valence-electron chi connectivity index (χ4n) is 6.69. The van der Waals surface area contributed by atoms with Crippen LogP contribution in [0.3, 0.4) is 0 Å². The molecular formula is C40H52N4. The Hall–Kier alpha value is -3.28. The van der Waals surface area contributed by atoms with Gasteiger partial charge in [0.1, 0.15) is 0 Å². The van der Waals surface area contributed by atoms with Gasteiger partial charge in [0, 0.05) is 76.5 Å². The monoisotopic (exact) mass is 588 g/mol. The maximum Gasteiger partial charge on any atom is 0.0237 e. The van der Waals surface area contributed by atoms with E-state index in [9.17, 15) is 0 Å². The minimum Gasteiger partial charge on any atom is -0.294 e. The average Bonchev–Trinajstić information content (AvgIpc) is 3.05. The van der Waals surface area contributed by atoms with E-state index in [1.807, 2.05) is 0 Å². The highest BCUT2D eigenvalue weighted by atomic mass is 15.3. The fourth-order valence-corrected chi connectivity index (χ4v) is 6.69. The van der Waals surface area contributed by atoms with E-state index in [1.54, 1.807) is 0 Å². The first kappa shape index (κ1) is 32.1. The Morgan fingerprint density at radius 1 is 0.341 bits per heavy atom. The number of hydrogen-bond acceptors (Lipinski definition) is 4. The van der Waals surface area contributed by atoms with Crippen LogP contribution < -0.4 is 0 Å². The molecule has 0 saturated carbocycles. The van der Waals surface area contributed by atoms with Gasteiger partial charge >= 0.3 is 0 Å². The van der Waals surface area contributed by atoms with E-state index in [0.717, 1.165) is 52.4 Å². The smallest absolute Gasteiger partial charge is 0.0237 e. The SMILES string of the molecule is CC1CN(Cc2ccccc2)C(C)CN(Cc2ccccc2)C(C)CN(Cc2ccccc2)C(C)CN1Cc1ccccc1. The number of benzene rings is 4. The van der Waals surface area contributed by atoms with Crippen LogP contribution in [-0.2, 0) is 26.2 Å². The summed E-state index contributed by atoms with van der Waals surface area (Å²) in [5, 5.41) is 0. The fraction of sp³-hybridized carbons (Fsp3) is 0.400. The van der Waals surface area contributed by atoms with Gasteiger partial charge in [-0.25, -0.2) is 0 Å². The van der Waals surface area contributed by atoms with Gasteiger partial charge in [0.25, 0.3) is 0 Å². The zero-order chi connectivity index (χ0) is 30.7. The molecule has 4 aromatic carbocycles. The van der Waals surface area contributed by atoms with Crippen LogP contribution in [0.5, 0.6) is 0 Å². The number of nitrogens with zero attached hydrogens (tertiary/aromatic N) is 4. The number of rotatable bonds is 8. The van der Waals surface area contributed by atoms with Gasteiger partial charge in [0.2, 0.25) is 0 Å². The van der Waals surface area contributed by atoms with Crippen molar-refractivity contribution in [2.75, 3.05) is 26.2 Å². The Labute approximate surface area is 266 Å². The maximum atomic E-state index is 2.73. The molecule has 232 valence electrons. The van der Waals surface area contributed by atoms with E-state index >= 15 is 0 Å². The van der Waals surface area contributed by atoms with Gasteiger partial charge in [-0.2, -0.15) is 0 Å². The van der Waals surface area contributed by atoms with Crippen molar-refractivity contribution in [3.63, 3.8) is 0 Å². The molecule has 5 rings (SSSR count). The van der Waals surface area contributed by atoms with Gasteiger partial charge in [-0.1, -0.05) is 121 Å². The molecule has 4 atom stereocenters. The normalized spacial score (nSPS) is 23.5. The van der Waals surface area contributed by atoms with Crippen LogP contribution >= 0.6 is 0 Å². The topological polar surface area (TPSA) is 13.0 Å². The lowest BCUT2D eigenvalue weighted by atomic mass is 10.1. The molecule has 4 nitrogen and oxygen atoms in total. The van der Waals surface area contributed by atoms with Crippen molar-refractivity contribution in [1.82, 2.24) is 19.6 Å². The van der Waals surface area contributed by atoms with Crippen molar-refractivity contribution in [3.8, 4) is 0 Å². The zero-order valence-corrected chi connectivity index (χ0v) is 27.3. The Morgan fingerprint density at radius 2 is 0.523 bits per heavy atom. The van der Waals surface area contributed by atoms with Crippen molar-refractivity contribution < 1.29 is 0 Å². The third-order valence-corrected chi connectivity index (χ3v) is 9.40. The van der Waals surface area contributed by atoms with Crippen LogP contribution in [-0.4, -0.2) is 69.9 Å². The van der Waals surface area contributed by atoms with E-state index in [2.05, 4.69) is 169 Å². The maximum absolute atomic E-state index is 2.73. The van der Waals surface area contributed by atoms with Crippen LogP contribution in [0.1, 0.15) is 49.9 Å². The van der Waals surface area contributed by atoms with Gasteiger partial charge in [-0.05, 0) is 49.9 Å². The summed E-state index contributed by atoms with van der Waals surface area (Å²) in [4.78, 5) is 10.9. The molecule has 4 unspecified atom stereocenters. The molecule has 1 saturated heterocycles. The van der Waals surface area contributed by atoms with Crippen molar-refractivity contribution in [3.05, 3.63) is 144 Å². The highest BCUT2D eigenvalue weighted by Gasteiger charge is 2.30. The van der Waals surface area contributed by atoms with Gasteiger partial charge in [0.15, 0.2) is 0 Å². The second kappa shape index (κ2) is 16.2. The van der Waals surface area contributed by atoms with E-state index in [1.165, 1.54) is 22.3 Å². The molecule has 0 radical (unpaired) electrons. The van der Waals surface area contributed by atoms with Crippen molar-refractivity contribution in [1.29, 1.82) is 0 Å². The van der Waals surface area contributed by atoms with E-state index in [0.29, 0.717) is 24.2 Å². The highest BCUT2D eigenvalue weighted by molar-refractivity contribution is 5.18. The summed E-state index contributed by atoms with van der Waals surface area (Å²) in [7, 11) is 0. The molecular weight excluding hydrogens is 536 g/mol. The summed E-state index contributed by atoms with van der Waals surface area (Å²) in [6.07, 6.45) is 0. The molecule has 1 aliphatic heterocycles. The van der Waals surface area contributed by atoms with E-state index in [-0.39, 0.29) is 0 Å². The summed E-state index contributed by atoms with van der Waals surface area (Å²) < 4.78 is 0. The van der Waals surface area contributed by atoms with Crippen LogP contribution in [0.4, 0.5) is 0 Å². The van der Waals surface area contributed by atoms with Crippen molar-refractivity contribution >= 4 is 0 Å². The summed E-state index contributed by atoms with van der Waals surface area (Å²) >= 11 is 0. The molecule has 4 heteroatoms. The Kier molecular flexibility index (Phi) is 11.8. The standard InChI is InChI=1S/C40H52N4/c1-33-25-42(30-38-19-11-6-12-20-38)35(3)27-44(32-40-23-15-8-16-24-40)36(4)28-43(31-39-21-13-7-14-22-39)34(2)26-41(33)29-37-17-9-5-10-18-37/h5-24,33-36H,25-32H2,1-4H3. The molecule has 1 aliphatic rings. The second-order valence-electron chi connectivity index (χ2n) is 13.1. The van der Waals surface area contributed by atoms with Crippen LogP contribution in [0.2, 0.25) is 0 Å². The quantitative estimate of drug-likeness (QED) is 0.211. The number of hydrogen-bond donors (Lipinski definition) is 0. The van der Waals surface area contributed by atoms with Crippen LogP contribution in [0, 0.1) is 0 Å². The van der Waals surface area contributed by atoms with Gasteiger partial charge in [0.05, 0.1) is 0 Å². The largest absolute Gasteiger partial charge is 0.294 e. The molecule has 1 heterocycles. The summed E-state index contributed by atoms with van der Waals surface area (Å²) in [6, 6.07) is 45.8. The Morgan fingerprint density at radius 3 is 0.705 bits per heavy atom. The minimum absolute atomic E-state index is 0.404. The molecule has 0 N–H and O–H groups in total. The van der Waals surface area contributed by atoms with E-state index < -0.39 is 0 Å². The summed E-state index contributed by atoms with van der Waals surface area (Å²) in [5.74, 6) is 0. The Bertz CT molecular complexity index is 1130. The minimum atomic E-state index is 0.404. The summed E-state index contributed by atoms with van der Waals surface area (Å²) in [6.45, 7) is 17.8. The third-order valence-electron chi connectivity index (χ3n) is 9.40.